The van der Waals surface area contributed by atoms with E-state index in [1.807, 2.05) is 0 Å². The predicted molar refractivity (Wildman–Crippen MR) is 69.4 cm³/mol. The summed E-state index contributed by atoms with van der Waals surface area (Å²) >= 11 is 0. The van der Waals surface area contributed by atoms with Crippen molar-refractivity contribution in [3.63, 3.8) is 0 Å². The molecule has 0 saturated heterocycles. The van der Waals surface area contributed by atoms with Crippen LogP contribution in [-0.4, -0.2) is 36.6 Å². The molecule has 92 valence electrons. The van der Waals surface area contributed by atoms with Crippen LogP contribution in [0, 0.1) is 0 Å². The van der Waals surface area contributed by atoms with Gasteiger partial charge in [-0.05, 0) is 39.4 Å². The molecule has 0 aliphatic carbocycles. The molecule has 0 bridgehead atoms. The second kappa shape index (κ2) is 9.17. The van der Waals surface area contributed by atoms with Crippen LogP contribution in [0.5, 0.6) is 0 Å². The molecule has 0 aromatic carbocycles. The fourth-order valence-corrected chi connectivity index (χ4v) is 2.18. The first-order chi connectivity index (χ1) is 7.21. The maximum atomic E-state index is 3.58. The first-order valence-corrected chi connectivity index (χ1v) is 6.68. The second-order valence-electron chi connectivity index (χ2n) is 4.30. The van der Waals surface area contributed by atoms with E-state index in [1.54, 1.807) is 0 Å². The number of rotatable bonds is 9. The molecule has 0 aromatic heterocycles. The molecule has 0 spiro atoms. The van der Waals surface area contributed by atoms with Gasteiger partial charge in [0.1, 0.15) is 0 Å². The molecule has 2 heteroatoms. The van der Waals surface area contributed by atoms with Gasteiger partial charge in [-0.2, -0.15) is 0 Å². The topological polar surface area (TPSA) is 15.3 Å². The van der Waals surface area contributed by atoms with Crippen molar-refractivity contribution in [1.29, 1.82) is 0 Å². The van der Waals surface area contributed by atoms with Crippen LogP contribution in [0.4, 0.5) is 0 Å². The molecule has 2 unspecified atom stereocenters. The van der Waals surface area contributed by atoms with Crippen LogP contribution in [0.1, 0.15) is 53.9 Å². The van der Waals surface area contributed by atoms with E-state index < -0.39 is 0 Å². The average Bonchev–Trinajstić information content (AvgIpc) is 2.26. The van der Waals surface area contributed by atoms with Gasteiger partial charge in [-0.1, -0.05) is 34.1 Å². The Morgan fingerprint density at radius 2 is 1.80 bits per heavy atom. The van der Waals surface area contributed by atoms with Crippen molar-refractivity contribution in [2.45, 2.75) is 66.0 Å². The molecule has 2 nitrogen and oxygen atoms in total. The third-order valence-corrected chi connectivity index (χ3v) is 3.27. The van der Waals surface area contributed by atoms with Gasteiger partial charge in [-0.3, -0.25) is 4.90 Å². The van der Waals surface area contributed by atoms with E-state index in [0.29, 0.717) is 12.1 Å². The molecule has 0 aliphatic rings. The first kappa shape index (κ1) is 14.9. The van der Waals surface area contributed by atoms with Gasteiger partial charge in [-0.15, -0.1) is 0 Å². The van der Waals surface area contributed by atoms with Crippen LogP contribution in [0.25, 0.3) is 0 Å². The number of unbranched alkanes of at least 4 members (excludes halogenated alkanes) is 1. The highest BCUT2D eigenvalue weighted by atomic mass is 15.2. The summed E-state index contributed by atoms with van der Waals surface area (Å²) in [7, 11) is 0. The highest BCUT2D eigenvalue weighted by Crippen LogP contribution is 2.08. The van der Waals surface area contributed by atoms with Crippen LogP contribution < -0.4 is 5.32 Å². The maximum absolute atomic E-state index is 3.58. The Hall–Kier alpha value is -0.0800. The van der Waals surface area contributed by atoms with Crippen molar-refractivity contribution >= 4 is 0 Å². The van der Waals surface area contributed by atoms with Crippen molar-refractivity contribution in [2.24, 2.45) is 0 Å². The lowest BCUT2D eigenvalue weighted by Crippen LogP contribution is -2.48. The molecule has 0 aliphatic heterocycles. The highest BCUT2D eigenvalue weighted by Gasteiger charge is 2.19. The van der Waals surface area contributed by atoms with Crippen molar-refractivity contribution in [1.82, 2.24) is 10.2 Å². The Morgan fingerprint density at radius 3 is 2.20 bits per heavy atom. The molecule has 0 saturated carbocycles. The summed E-state index contributed by atoms with van der Waals surface area (Å²) in [5.41, 5.74) is 0. The zero-order valence-corrected chi connectivity index (χ0v) is 11.3. The van der Waals surface area contributed by atoms with Gasteiger partial charge in [0.25, 0.3) is 0 Å². The maximum Gasteiger partial charge on any atom is 0.0220 e. The Balaban J connectivity index is 4.13. The normalized spacial score (nSPS) is 15.6. The molecule has 0 fully saturated rings. The quantitative estimate of drug-likeness (QED) is 0.635. The standard InChI is InChI=1S/C13H30N2/c1-6-10-11-15(9-4)12(5)13(7-2)14-8-3/h12-14H,6-11H2,1-5H3. The van der Waals surface area contributed by atoms with E-state index in [4.69, 9.17) is 0 Å². The van der Waals surface area contributed by atoms with Crippen molar-refractivity contribution in [2.75, 3.05) is 19.6 Å². The SMILES string of the molecule is CCCCN(CC)C(C)C(CC)NCC. The van der Waals surface area contributed by atoms with Gasteiger partial charge < -0.3 is 5.32 Å². The number of nitrogens with zero attached hydrogens (tertiary/aromatic N) is 1. The molecule has 1 N–H and O–H groups in total. The van der Waals surface area contributed by atoms with Crippen molar-refractivity contribution < 1.29 is 0 Å². The summed E-state index contributed by atoms with van der Waals surface area (Å²) in [5, 5.41) is 3.58. The Kier molecular flexibility index (Phi) is 9.12. The van der Waals surface area contributed by atoms with E-state index >= 15 is 0 Å². The zero-order chi connectivity index (χ0) is 11.7. The van der Waals surface area contributed by atoms with Crippen molar-refractivity contribution in [3.8, 4) is 0 Å². The number of likely N-dealkylation sites (N-methyl/N-ethyl adjacent to an activating group) is 2. The molecular weight excluding hydrogens is 184 g/mol. The van der Waals surface area contributed by atoms with Crippen LogP contribution in [-0.2, 0) is 0 Å². The minimum atomic E-state index is 0.645. The summed E-state index contributed by atoms with van der Waals surface area (Å²) in [4.78, 5) is 2.60. The minimum Gasteiger partial charge on any atom is -0.313 e. The number of hydrogen-bond acceptors (Lipinski definition) is 2. The third-order valence-electron chi connectivity index (χ3n) is 3.27. The van der Waals surface area contributed by atoms with Crippen LogP contribution in [0.15, 0.2) is 0 Å². The third kappa shape index (κ3) is 5.53. The molecule has 0 rings (SSSR count). The van der Waals surface area contributed by atoms with Gasteiger partial charge in [0.2, 0.25) is 0 Å². The smallest absolute Gasteiger partial charge is 0.0220 e. The van der Waals surface area contributed by atoms with Crippen LogP contribution >= 0.6 is 0 Å². The van der Waals surface area contributed by atoms with E-state index in [9.17, 15) is 0 Å². The van der Waals surface area contributed by atoms with E-state index in [2.05, 4.69) is 44.8 Å². The van der Waals surface area contributed by atoms with E-state index in [-0.39, 0.29) is 0 Å². The zero-order valence-electron chi connectivity index (χ0n) is 11.3. The van der Waals surface area contributed by atoms with Gasteiger partial charge in [-0.25, -0.2) is 0 Å². The molecule has 0 aromatic rings. The lowest BCUT2D eigenvalue weighted by molar-refractivity contribution is 0.172. The van der Waals surface area contributed by atoms with Gasteiger partial charge in [0.05, 0.1) is 0 Å². The molecule has 2 atom stereocenters. The minimum absolute atomic E-state index is 0.645. The Bertz CT molecular complexity index is 136. The first-order valence-electron chi connectivity index (χ1n) is 6.68. The monoisotopic (exact) mass is 214 g/mol. The summed E-state index contributed by atoms with van der Waals surface area (Å²) in [6.07, 6.45) is 3.83. The number of nitrogens with one attached hydrogen (secondary N) is 1. The van der Waals surface area contributed by atoms with E-state index in [1.165, 1.54) is 32.4 Å². The largest absolute Gasteiger partial charge is 0.313 e. The lowest BCUT2D eigenvalue weighted by Gasteiger charge is -2.34. The fraction of sp³-hybridized carbons (Fsp3) is 1.00. The average molecular weight is 214 g/mol. The molecular formula is C13H30N2. The molecule has 0 heterocycles. The van der Waals surface area contributed by atoms with Gasteiger partial charge >= 0.3 is 0 Å². The highest BCUT2D eigenvalue weighted by molar-refractivity contribution is 4.79. The van der Waals surface area contributed by atoms with Crippen LogP contribution in [0.2, 0.25) is 0 Å². The Morgan fingerprint density at radius 1 is 1.13 bits per heavy atom. The summed E-state index contributed by atoms with van der Waals surface area (Å²) in [6, 6.07) is 1.30. The van der Waals surface area contributed by atoms with Crippen molar-refractivity contribution in [3.05, 3.63) is 0 Å². The summed E-state index contributed by atoms with van der Waals surface area (Å²) in [6.45, 7) is 14.9. The molecule has 0 radical (unpaired) electrons. The van der Waals surface area contributed by atoms with Crippen LogP contribution in [0.3, 0.4) is 0 Å². The second-order valence-corrected chi connectivity index (χ2v) is 4.30. The molecule has 15 heavy (non-hydrogen) atoms. The molecule has 0 amide bonds. The summed E-state index contributed by atoms with van der Waals surface area (Å²) in [5.74, 6) is 0. The van der Waals surface area contributed by atoms with Gasteiger partial charge in [0.15, 0.2) is 0 Å². The summed E-state index contributed by atoms with van der Waals surface area (Å²) < 4.78 is 0. The fourth-order valence-electron chi connectivity index (χ4n) is 2.18. The van der Waals surface area contributed by atoms with Gasteiger partial charge in [0, 0.05) is 12.1 Å². The number of hydrogen-bond donors (Lipinski definition) is 1. The Labute approximate surface area is 96.4 Å². The lowest BCUT2D eigenvalue weighted by atomic mass is 10.1. The van der Waals surface area contributed by atoms with E-state index in [0.717, 1.165) is 6.54 Å². The predicted octanol–water partition coefficient (Wildman–Crippen LogP) is 2.89.